The molecule has 3 heterocycles. The fraction of sp³-hybridized carbons (Fsp3) is 0.250. The van der Waals surface area contributed by atoms with Crippen molar-refractivity contribution in [2.24, 2.45) is 5.92 Å². The van der Waals surface area contributed by atoms with E-state index in [1.54, 1.807) is 0 Å². The first-order valence-electron chi connectivity index (χ1n) is 12.2. The Hall–Kier alpha value is -3.68. The minimum atomic E-state index is -0.333. The van der Waals surface area contributed by atoms with E-state index in [1.807, 2.05) is 42.6 Å². The third-order valence-electron chi connectivity index (χ3n) is 7.24. The molecule has 7 nitrogen and oxygen atoms in total. The van der Waals surface area contributed by atoms with Crippen LogP contribution in [-0.4, -0.2) is 30.7 Å². The van der Waals surface area contributed by atoms with Gasteiger partial charge in [-0.3, -0.25) is 0 Å². The first-order valence-corrected chi connectivity index (χ1v) is 12.6. The van der Waals surface area contributed by atoms with Gasteiger partial charge in [0.25, 0.3) is 0 Å². The van der Waals surface area contributed by atoms with Crippen LogP contribution < -0.4 is 11.1 Å². The highest BCUT2D eigenvalue weighted by Crippen LogP contribution is 2.39. The van der Waals surface area contributed by atoms with Crippen molar-refractivity contribution in [3.05, 3.63) is 83.8 Å². The van der Waals surface area contributed by atoms with Crippen molar-refractivity contribution in [1.82, 2.24) is 19.5 Å². The van der Waals surface area contributed by atoms with E-state index in [1.165, 1.54) is 11.9 Å². The van der Waals surface area contributed by atoms with E-state index >= 15 is 0 Å². The summed E-state index contributed by atoms with van der Waals surface area (Å²) in [6, 6.07) is 20.2. The number of fused-ring (bicyclic) bond motifs is 2. The molecule has 36 heavy (non-hydrogen) atoms. The Morgan fingerprint density at radius 2 is 1.86 bits per heavy atom. The molecule has 0 spiro atoms. The zero-order valence-electron chi connectivity index (χ0n) is 19.7. The Bertz CT molecular complexity index is 1530. The Morgan fingerprint density at radius 1 is 1.03 bits per heavy atom. The number of nitrogens with two attached hydrogens (primary N) is 1. The van der Waals surface area contributed by atoms with Crippen LogP contribution in [0, 0.1) is 5.92 Å². The molecule has 3 aromatic heterocycles. The molecule has 8 heteroatoms. The Morgan fingerprint density at radius 3 is 2.72 bits per heavy atom. The predicted octanol–water partition coefficient (Wildman–Crippen LogP) is 5.90. The van der Waals surface area contributed by atoms with E-state index in [0.29, 0.717) is 10.8 Å². The van der Waals surface area contributed by atoms with Crippen LogP contribution in [0.1, 0.15) is 30.9 Å². The Labute approximate surface area is 214 Å². The summed E-state index contributed by atoms with van der Waals surface area (Å²) < 4.78 is 2.14. The Kier molecular flexibility index (Phi) is 5.95. The van der Waals surface area contributed by atoms with Crippen LogP contribution in [0.3, 0.4) is 0 Å². The molecule has 182 valence electrons. The molecule has 3 atom stereocenters. The molecule has 1 aliphatic carbocycles. The van der Waals surface area contributed by atoms with Crippen molar-refractivity contribution in [1.29, 1.82) is 0 Å². The summed E-state index contributed by atoms with van der Waals surface area (Å²) in [6.45, 7) is 0. The maximum Gasteiger partial charge on any atom is 0.145 e. The van der Waals surface area contributed by atoms with Crippen molar-refractivity contribution in [3.63, 3.8) is 0 Å². The summed E-state index contributed by atoms with van der Waals surface area (Å²) in [7, 11) is 0. The summed E-state index contributed by atoms with van der Waals surface area (Å²) in [5.74, 6) is 1.51. The lowest BCUT2D eigenvalue weighted by atomic mass is 9.96. The summed E-state index contributed by atoms with van der Waals surface area (Å²) in [6.07, 6.45) is 6.62. The van der Waals surface area contributed by atoms with Gasteiger partial charge < -0.3 is 20.7 Å². The second kappa shape index (κ2) is 9.41. The minimum Gasteiger partial charge on any atom is -0.393 e. The number of hydrogen-bond donors (Lipinski definition) is 3. The van der Waals surface area contributed by atoms with Crippen molar-refractivity contribution in [2.45, 2.75) is 37.8 Å². The van der Waals surface area contributed by atoms with Crippen LogP contribution in [-0.2, 0) is 6.42 Å². The van der Waals surface area contributed by atoms with E-state index < -0.39 is 0 Å². The number of anilines is 3. The summed E-state index contributed by atoms with van der Waals surface area (Å²) in [4.78, 5) is 13.3. The number of aliphatic hydroxyl groups excluding tert-OH is 1. The smallest absolute Gasteiger partial charge is 0.145 e. The zero-order valence-corrected chi connectivity index (χ0v) is 20.4. The minimum absolute atomic E-state index is 0.205. The van der Waals surface area contributed by atoms with Gasteiger partial charge in [-0.05, 0) is 85.7 Å². The zero-order chi connectivity index (χ0) is 24.6. The van der Waals surface area contributed by atoms with Crippen molar-refractivity contribution in [3.8, 4) is 0 Å². The van der Waals surface area contributed by atoms with Crippen molar-refractivity contribution in [2.75, 3.05) is 11.1 Å². The van der Waals surface area contributed by atoms with Crippen LogP contribution in [0.15, 0.2) is 73.2 Å². The maximum atomic E-state index is 10.8. The van der Waals surface area contributed by atoms with E-state index in [-0.39, 0.29) is 18.1 Å². The molecule has 6 rings (SSSR count). The number of aryl methyl sites for hydroxylation is 1. The van der Waals surface area contributed by atoms with Gasteiger partial charge in [-0.1, -0.05) is 23.7 Å². The maximum absolute atomic E-state index is 10.8. The molecular weight excluding hydrogens is 472 g/mol. The molecule has 0 saturated heterocycles. The average molecular weight is 499 g/mol. The first-order chi connectivity index (χ1) is 17.5. The molecule has 1 saturated carbocycles. The molecule has 3 unspecified atom stereocenters. The third kappa shape index (κ3) is 4.47. The van der Waals surface area contributed by atoms with Crippen LogP contribution in [0.25, 0.3) is 21.9 Å². The van der Waals surface area contributed by atoms with Crippen molar-refractivity contribution >= 4 is 50.9 Å². The molecule has 1 fully saturated rings. The highest BCUT2D eigenvalue weighted by atomic mass is 35.5. The fourth-order valence-electron chi connectivity index (χ4n) is 5.32. The lowest BCUT2D eigenvalue weighted by Gasteiger charge is -2.15. The number of rotatable bonds is 6. The van der Waals surface area contributed by atoms with Gasteiger partial charge in [0.15, 0.2) is 0 Å². The molecule has 2 aromatic carbocycles. The van der Waals surface area contributed by atoms with Crippen LogP contribution >= 0.6 is 11.6 Å². The Balaban J connectivity index is 1.14. The number of aromatic nitrogens is 4. The normalized spacial score (nSPS) is 19.8. The number of nitrogen functional groups attached to an aromatic ring is 1. The molecule has 0 bridgehead atoms. The number of pyridine rings is 1. The fourth-order valence-corrected chi connectivity index (χ4v) is 5.44. The monoisotopic (exact) mass is 498 g/mol. The van der Waals surface area contributed by atoms with Crippen LogP contribution in [0.4, 0.5) is 17.3 Å². The van der Waals surface area contributed by atoms with Crippen molar-refractivity contribution < 1.29 is 5.11 Å². The second-order valence-corrected chi connectivity index (χ2v) is 10.0. The number of nitrogens with one attached hydrogen (secondary N) is 1. The van der Waals surface area contributed by atoms with Crippen LogP contribution in [0.5, 0.6) is 0 Å². The van der Waals surface area contributed by atoms with Gasteiger partial charge in [0.05, 0.1) is 17.0 Å². The number of hydrogen-bond acceptors (Lipinski definition) is 6. The second-order valence-electron chi connectivity index (χ2n) is 9.57. The molecule has 4 N–H and O–H groups in total. The molecule has 5 aromatic rings. The SMILES string of the molecule is Nc1ncnc2c1ccn2C1CC(O)C(CCc2ccc3ccc(Nc4ccc(Cl)cc4)nc3c2)C1. The van der Waals surface area contributed by atoms with E-state index in [4.69, 9.17) is 22.3 Å². The van der Waals surface area contributed by atoms with Gasteiger partial charge in [-0.25, -0.2) is 15.0 Å². The highest BCUT2D eigenvalue weighted by molar-refractivity contribution is 6.30. The van der Waals surface area contributed by atoms with Gasteiger partial charge in [0.2, 0.25) is 0 Å². The number of halogens is 1. The molecule has 0 radical (unpaired) electrons. The quantitative estimate of drug-likeness (QED) is 0.269. The molecule has 0 aliphatic heterocycles. The molecule has 1 aliphatic rings. The average Bonchev–Trinajstić information content (AvgIpc) is 3.48. The highest BCUT2D eigenvalue weighted by Gasteiger charge is 2.34. The van der Waals surface area contributed by atoms with E-state index in [2.05, 4.69) is 44.1 Å². The van der Waals surface area contributed by atoms with Crippen LogP contribution in [0.2, 0.25) is 5.02 Å². The molecule has 0 amide bonds. The summed E-state index contributed by atoms with van der Waals surface area (Å²) in [5.41, 5.74) is 9.95. The van der Waals surface area contributed by atoms with Gasteiger partial charge in [-0.15, -0.1) is 0 Å². The lowest BCUT2D eigenvalue weighted by molar-refractivity contribution is 0.127. The number of aliphatic hydroxyl groups is 1. The number of nitrogens with zero attached hydrogens (tertiary/aromatic N) is 4. The number of benzene rings is 2. The largest absolute Gasteiger partial charge is 0.393 e. The first kappa shape index (κ1) is 22.8. The van der Waals surface area contributed by atoms with E-state index in [9.17, 15) is 5.11 Å². The molecular formula is C28H27ClN6O. The van der Waals surface area contributed by atoms with Gasteiger partial charge >= 0.3 is 0 Å². The summed E-state index contributed by atoms with van der Waals surface area (Å²) in [5, 5.41) is 16.8. The lowest BCUT2D eigenvalue weighted by Crippen LogP contribution is -2.13. The third-order valence-corrected chi connectivity index (χ3v) is 7.49. The topological polar surface area (TPSA) is 102 Å². The van der Waals surface area contributed by atoms with Gasteiger partial charge in [0, 0.05) is 28.3 Å². The predicted molar refractivity (Wildman–Crippen MR) is 145 cm³/mol. The van der Waals surface area contributed by atoms with Gasteiger partial charge in [-0.2, -0.15) is 0 Å². The standard InChI is InChI=1S/C28H27ClN6O/c29-20-6-8-21(9-7-20)33-26-10-5-18-3-1-17(13-24(18)34-26)2-4-19-14-22(15-25(19)36)35-12-11-23-27(30)31-16-32-28(23)35/h1,3,5-13,16,19,22,25,36H,2,4,14-15H2,(H,33,34)(H2,30,31,32). The van der Waals surface area contributed by atoms with E-state index in [0.717, 1.165) is 59.1 Å². The summed E-state index contributed by atoms with van der Waals surface area (Å²) >= 11 is 5.99. The van der Waals surface area contributed by atoms with Gasteiger partial charge in [0.1, 0.15) is 23.6 Å².